The fourth-order valence-corrected chi connectivity index (χ4v) is 4.78. The van der Waals surface area contributed by atoms with Gasteiger partial charge in [-0.05, 0) is 57.9 Å². The molecule has 1 fully saturated rings. The number of piperidine rings is 1. The van der Waals surface area contributed by atoms with Crippen molar-refractivity contribution >= 4 is 68.7 Å². The van der Waals surface area contributed by atoms with E-state index in [2.05, 4.69) is 25.3 Å². The van der Waals surface area contributed by atoms with E-state index in [4.69, 9.17) is 44.3 Å². The first-order valence-electron chi connectivity index (χ1n) is 13.2. The van der Waals surface area contributed by atoms with Gasteiger partial charge >= 0.3 is 12.1 Å². The summed E-state index contributed by atoms with van der Waals surface area (Å²) < 4.78 is 10.4. The van der Waals surface area contributed by atoms with E-state index in [1.807, 2.05) is 32.9 Å². The molecule has 0 radical (unpaired) electrons. The third-order valence-electron chi connectivity index (χ3n) is 6.35. The Kier molecular flexibility index (Phi) is 10.4. The van der Waals surface area contributed by atoms with Crippen molar-refractivity contribution in [1.29, 1.82) is 0 Å². The molecule has 4 aromatic heterocycles. The fourth-order valence-electron chi connectivity index (χ4n) is 4.32. The summed E-state index contributed by atoms with van der Waals surface area (Å²) in [4.78, 5) is 43.0. The van der Waals surface area contributed by atoms with Crippen LogP contribution in [0.5, 0.6) is 0 Å². The molecule has 10 nitrogen and oxygen atoms in total. The molecule has 42 heavy (non-hydrogen) atoms. The summed E-state index contributed by atoms with van der Waals surface area (Å²) in [5.41, 5.74) is 1.44. The van der Waals surface area contributed by atoms with Gasteiger partial charge in [-0.3, -0.25) is 10.3 Å². The second kappa shape index (κ2) is 13.8. The summed E-state index contributed by atoms with van der Waals surface area (Å²) >= 11 is 17.3. The number of nitrogens with one attached hydrogen (secondary N) is 1. The third-order valence-corrected chi connectivity index (χ3v) is 6.97. The fraction of sp³-hybridized carbons (Fsp3) is 0.379. The van der Waals surface area contributed by atoms with Crippen molar-refractivity contribution in [3.05, 3.63) is 69.9 Å². The summed E-state index contributed by atoms with van der Waals surface area (Å²) in [6.07, 6.45) is 4.38. The van der Waals surface area contributed by atoms with E-state index >= 15 is 0 Å². The number of nitrogens with zero attached hydrogens (tertiary/aromatic N) is 5. The van der Waals surface area contributed by atoms with E-state index in [0.29, 0.717) is 52.6 Å². The van der Waals surface area contributed by atoms with Gasteiger partial charge in [0.25, 0.3) is 0 Å². The zero-order chi connectivity index (χ0) is 30.4. The van der Waals surface area contributed by atoms with Crippen LogP contribution in [0, 0.1) is 0 Å². The average molecular weight is 634 g/mol. The van der Waals surface area contributed by atoms with Crippen LogP contribution in [0.15, 0.2) is 48.8 Å². The number of esters is 1. The number of rotatable bonds is 4. The Labute approximate surface area is 258 Å². The van der Waals surface area contributed by atoms with Gasteiger partial charge in [0.15, 0.2) is 0 Å². The second-order valence-corrected chi connectivity index (χ2v) is 11.8. The highest BCUT2D eigenvalue weighted by Crippen LogP contribution is 2.23. The molecule has 0 bridgehead atoms. The zero-order valence-corrected chi connectivity index (χ0v) is 25.9. The molecule has 222 valence electrons. The maximum atomic E-state index is 12.5. The monoisotopic (exact) mass is 632 g/mol. The van der Waals surface area contributed by atoms with Crippen LogP contribution in [0.25, 0.3) is 21.8 Å². The SMILES string of the molecule is COC(=O)C(NC1CCN(C(=O)OC(C)(C)C)CC1)c1ccc2cnc(Cl)cc2n1.Clc1cc2nc(Cl)ccc2cn1. The molecule has 1 aliphatic heterocycles. The number of fused-ring (bicyclic) bond motifs is 2. The molecular formula is C29H31Cl3N6O4. The van der Waals surface area contributed by atoms with Gasteiger partial charge in [-0.1, -0.05) is 34.8 Å². The van der Waals surface area contributed by atoms with Crippen LogP contribution in [0.2, 0.25) is 15.5 Å². The van der Waals surface area contributed by atoms with Crippen molar-refractivity contribution in [3.63, 3.8) is 0 Å². The maximum Gasteiger partial charge on any atom is 0.410 e. The highest BCUT2D eigenvalue weighted by Gasteiger charge is 2.31. The molecule has 0 spiro atoms. The lowest BCUT2D eigenvalue weighted by Crippen LogP contribution is -2.48. The van der Waals surface area contributed by atoms with Crippen molar-refractivity contribution in [2.75, 3.05) is 20.2 Å². The van der Waals surface area contributed by atoms with Gasteiger partial charge in [0, 0.05) is 54.4 Å². The molecule has 1 amide bonds. The minimum absolute atomic E-state index is 0.0336. The summed E-state index contributed by atoms with van der Waals surface area (Å²) in [6.45, 7) is 6.64. The number of hydrogen-bond donors (Lipinski definition) is 1. The molecule has 0 aliphatic carbocycles. The number of carbonyl (C=O) groups is 2. The Hall–Kier alpha value is -3.31. The van der Waals surface area contributed by atoms with Crippen molar-refractivity contribution < 1.29 is 19.1 Å². The van der Waals surface area contributed by atoms with Crippen LogP contribution in [0.3, 0.4) is 0 Å². The van der Waals surface area contributed by atoms with E-state index < -0.39 is 17.6 Å². The molecule has 0 aromatic carbocycles. The lowest BCUT2D eigenvalue weighted by atomic mass is 10.0. The Morgan fingerprint density at radius 3 is 2.05 bits per heavy atom. The lowest BCUT2D eigenvalue weighted by molar-refractivity contribution is -0.143. The Morgan fingerprint density at radius 1 is 0.905 bits per heavy atom. The quantitative estimate of drug-likeness (QED) is 0.200. The molecule has 0 saturated carbocycles. The highest BCUT2D eigenvalue weighted by molar-refractivity contribution is 6.31. The third kappa shape index (κ3) is 8.61. The Balaban J connectivity index is 0.000000279. The number of ether oxygens (including phenoxy) is 2. The molecule has 5 heterocycles. The number of carbonyl (C=O) groups excluding carboxylic acids is 2. The number of amides is 1. The largest absolute Gasteiger partial charge is 0.468 e. The van der Waals surface area contributed by atoms with Crippen molar-refractivity contribution in [2.24, 2.45) is 0 Å². The van der Waals surface area contributed by atoms with Crippen molar-refractivity contribution in [1.82, 2.24) is 30.2 Å². The summed E-state index contributed by atoms with van der Waals surface area (Å²) in [6, 6.07) is 9.87. The van der Waals surface area contributed by atoms with Gasteiger partial charge in [0.1, 0.15) is 27.1 Å². The van der Waals surface area contributed by atoms with E-state index in [-0.39, 0.29) is 12.1 Å². The number of hydrogen-bond acceptors (Lipinski definition) is 9. The van der Waals surface area contributed by atoms with Gasteiger partial charge in [-0.2, -0.15) is 0 Å². The number of pyridine rings is 4. The molecule has 1 aliphatic rings. The van der Waals surface area contributed by atoms with E-state index in [1.54, 1.807) is 41.6 Å². The van der Waals surface area contributed by atoms with Gasteiger partial charge in [-0.15, -0.1) is 0 Å². The van der Waals surface area contributed by atoms with Crippen LogP contribution in [0.4, 0.5) is 4.79 Å². The Morgan fingerprint density at radius 2 is 1.48 bits per heavy atom. The van der Waals surface area contributed by atoms with E-state index in [1.165, 1.54) is 7.11 Å². The van der Waals surface area contributed by atoms with Crippen LogP contribution >= 0.6 is 34.8 Å². The lowest BCUT2D eigenvalue weighted by Gasteiger charge is -2.34. The molecule has 5 rings (SSSR count). The summed E-state index contributed by atoms with van der Waals surface area (Å²) in [5, 5.41) is 6.34. The summed E-state index contributed by atoms with van der Waals surface area (Å²) in [5.74, 6) is -0.420. The first-order valence-corrected chi connectivity index (χ1v) is 14.4. The molecular weight excluding hydrogens is 603 g/mol. The predicted molar refractivity (Wildman–Crippen MR) is 163 cm³/mol. The smallest absolute Gasteiger partial charge is 0.410 e. The minimum Gasteiger partial charge on any atom is -0.468 e. The highest BCUT2D eigenvalue weighted by atomic mass is 35.5. The van der Waals surface area contributed by atoms with Crippen LogP contribution in [-0.2, 0) is 14.3 Å². The van der Waals surface area contributed by atoms with Gasteiger partial charge in [0.2, 0.25) is 0 Å². The maximum absolute atomic E-state index is 12.5. The minimum atomic E-state index is -0.718. The summed E-state index contributed by atoms with van der Waals surface area (Å²) in [7, 11) is 1.35. The number of methoxy groups -OCH3 is 1. The van der Waals surface area contributed by atoms with Crippen molar-refractivity contribution in [2.45, 2.75) is 51.3 Å². The second-order valence-electron chi connectivity index (χ2n) is 10.6. The van der Waals surface area contributed by atoms with Crippen LogP contribution < -0.4 is 5.32 Å². The molecule has 13 heteroatoms. The van der Waals surface area contributed by atoms with Crippen molar-refractivity contribution in [3.8, 4) is 0 Å². The van der Waals surface area contributed by atoms with Crippen LogP contribution in [0.1, 0.15) is 45.3 Å². The van der Waals surface area contributed by atoms with E-state index in [9.17, 15) is 9.59 Å². The molecule has 1 saturated heterocycles. The van der Waals surface area contributed by atoms with Gasteiger partial charge in [-0.25, -0.2) is 24.5 Å². The number of halogens is 3. The first-order chi connectivity index (χ1) is 19.9. The molecule has 1 unspecified atom stereocenters. The Bertz CT molecular complexity index is 1540. The standard InChI is InChI=1S/C21H27ClN4O4.C8H4Cl2N2/c1-21(2,3)30-20(28)26-9-7-14(8-10-26)24-18(19(27)29-4)15-6-5-13-12-23-17(22)11-16(13)25-15;9-7-2-1-5-4-11-8(10)3-6(5)12-7/h5-6,11-12,14,18,24H,7-10H2,1-4H3;1-4H. The van der Waals surface area contributed by atoms with Gasteiger partial charge < -0.3 is 14.4 Å². The molecule has 1 atom stereocenters. The topological polar surface area (TPSA) is 119 Å². The molecule has 1 N–H and O–H groups in total. The average Bonchev–Trinajstić information content (AvgIpc) is 2.94. The normalized spacial score (nSPS) is 14.7. The predicted octanol–water partition coefficient (Wildman–Crippen LogP) is 6.42. The first kappa shape index (κ1) is 31.6. The zero-order valence-electron chi connectivity index (χ0n) is 23.6. The van der Waals surface area contributed by atoms with Gasteiger partial charge in [0.05, 0.1) is 23.8 Å². The van der Waals surface area contributed by atoms with Crippen LogP contribution in [-0.4, -0.2) is 68.7 Å². The molecule has 4 aromatic rings. The number of likely N-dealkylation sites (tertiary alicyclic amines) is 1. The van der Waals surface area contributed by atoms with E-state index in [0.717, 1.165) is 16.3 Å². The number of aromatic nitrogens is 4.